The molecule has 0 radical (unpaired) electrons. The van der Waals surface area contributed by atoms with Gasteiger partial charge in [-0.25, -0.2) is 0 Å². The van der Waals surface area contributed by atoms with Crippen LogP contribution in [0.2, 0.25) is 0 Å². The van der Waals surface area contributed by atoms with Gasteiger partial charge in [-0.05, 0) is 18.9 Å². The first-order valence-corrected chi connectivity index (χ1v) is 4.05. The van der Waals surface area contributed by atoms with Gasteiger partial charge in [0.25, 0.3) is 0 Å². The van der Waals surface area contributed by atoms with Crippen molar-refractivity contribution in [3.63, 3.8) is 0 Å². The lowest BCUT2D eigenvalue weighted by Crippen LogP contribution is -2.11. The van der Waals surface area contributed by atoms with E-state index in [1.807, 2.05) is 6.07 Å². The number of aromatic nitrogens is 2. The monoisotopic (exact) mass is 152 g/mol. The topological polar surface area (TPSA) is 48.9 Å². The molecule has 2 rings (SSSR count). The van der Waals surface area contributed by atoms with Crippen LogP contribution in [0.15, 0.2) is 12.3 Å². The predicted octanol–water partition coefficient (Wildman–Crippen LogP) is 1.04. The van der Waals surface area contributed by atoms with Gasteiger partial charge in [-0.3, -0.25) is 5.10 Å². The Morgan fingerprint density at radius 1 is 1.55 bits per heavy atom. The fraction of sp³-hybridized carbons (Fsp3) is 0.625. The minimum absolute atomic E-state index is 0.157. The maximum atomic E-state index is 9.51. The second kappa shape index (κ2) is 2.66. The van der Waals surface area contributed by atoms with E-state index in [-0.39, 0.29) is 6.10 Å². The van der Waals surface area contributed by atoms with Crippen LogP contribution >= 0.6 is 0 Å². The van der Waals surface area contributed by atoms with Crippen LogP contribution in [0.4, 0.5) is 0 Å². The molecule has 1 fully saturated rings. The predicted molar refractivity (Wildman–Crippen MR) is 41.2 cm³/mol. The summed E-state index contributed by atoms with van der Waals surface area (Å²) in [5.74, 6) is 0.303. The van der Waals surface area contributed by atoms with E-state index in [0.717, 1.165) is 25.0 Å². The van der Waals surface area contributed by atoms with E-state index < -0.39 is 0 Å². The second-order valence-corrected chi connectivity index (χ2v) is 3.12. The molecule has 2 N–H and O–H groups in total. The molecule has 0 bridgehead atoms. The maximum Gasteiger partial charge on any atom is 0.0623 e. The van der Waals surface area contributed by atoms with Crippen molar-refractivity contribution in [2.75, 3.05) is 0 Å². The molecule has 0 unspecified atom stereocenters. The van der Waals surface area contributed by atoms with Gasteiger partial charge >= 0.3 is 0 Å². The van der Waals surface area contributed by atoms with E-state index >= 15 is 0 Å². The number of nitrogens with one attached hydrogen (secondary N) is 1. The Hall–Kier alpha value is -0.830. The third kappa shape index (κ3) is 1.16. The first-order chi connectivity index (χ1) is 5.38. The Morgan fingerprint density at radius 2 is 2.45 bits per heavy atom. The first-order valence-electron chi connectivity index (χ1n) is 4.05. The van der Waals surface area contributed by atoms with Gasteiger partial charge in [0.2, 0.25) is 0 Å². The largest absolute Gasteiger partial charge is 0.392 e. The van der Waals surface area contributed by atoms with Gasteiger partial charge in [0, 0.05) is 17.8 Å². The van der Waals surface area contributed by atoms with Crippen molar-refractivity contribution in [2.24, 2.45) is 0 Å². The van der Waals surface area contributed by atoms with Crippen molar-refractivity contribution in [3.8, 4) is 0 Å². The van der Waals surface area contributed by atoms with E-state index in [0.29, 0.717) is 5.92 Å². The molecular weight excluding hydrogens is 140 g/mol. The molecule has 1 aromatic rings. The van der Waals surface area contributed by atoms with Crippen molar-refractivity contribution < 1.29 is 5.11 Å². The van der Waals surface area contributed by atoms with Crippen molar-refractivity contribution in [2.45, 2.75) is 31.3 Å². The minimum Gasteiger partial charge on any atom is -0.392 e. The zero-order chi connectivity index (χ0) is 7.68. The molecule has 3 heteroatoms. The Labute approximate surface area is 65.4 Å². The van der Waals surface area contributed by atoms with Crippen LogP contribution in [0.25, 0.3) is 0 Å². The Morgan fingerprint density at radius 3 is 3.00 bits per heavy atom. The molecule has 0 spiro atoms. The van der Waals surface area contributed by atoms with Crippen LogP contribution < -0.4 is 0 Å². The normalized spacial score (nSPS) is 31.0. The van der Waals surface area contributed by atoms with Gasteiger partial charge < -0.3 is 5.11 Å². The standard InChI is InChI=1S/C8H12N2O/c11-8-3-1-2-6(8)7-4-5-9-10-7/h4-6,8,11H,1-3H2,(H,9,10)/t6-,8+/m1/s1. The van der Waals surface area contributed by atoms with Crippen LogP contribution in [0.3, 0.4) is 0 Å². The first kappa shape index (κ1) is 6.85. The third-order valence-corrected chi connectivity index (χ3v) is 2.40. The van der Waals surface area contributed by atoms with Gasteiger partial charge in [-0.1, -0.05) is 6.42 Å². The SMILES string of the molecule is O[C@H]1CCC[C@@H]1c1ccn[nH]1. The molecule has 1 aromatic heterocycles. The van der Waals surface area contributed by atoms with Crippen LogP contribution in [-0.2, 0) is 0 Å². The molecule has 60 valence electrons. The highest BCUT2D eigenvalue weighted by molar-refractivity contribution is 5.09. The van der Waals surface area contributed by atoms with Crippen LogP contribution in [0.5, 0.6) is 0 Å². The molecule has 3 nitrogen and oxygen atoms in total. The summed E-state index contributed by atoms with van der Waals surface area (Å²) in [6.45, 7) is 0. The molecule has 1 saturated carbocycles. The lowest BCUT2D eigenvalue weighted by atomic mass is 10.0. The Kier molecular flexibility index (Phi) is 1.66. The summed E-state index contributed by atoms with van der Waals surface area (Å²) in [6.07, 6.45) is 4.73. The highest BCUT2D eigenvalue weighted by Crippen LogP contribution is 2.32. The summed E-state index contributed by atoms with van der Waals surface area (Å²) < 4.78 is 0. The van der Waals surface area contributed by atoms with Crippen LogP contribution in [-0.4, -0.2) is 21.4 Å². The highest BCUT2D eigenvalue weighted by atomic mass is 16.3. The molecule has 0 saturated heterocycles. The lowest BCUT2D eigenvalue weighted by Gasteiger charge is -2.10. The second-order valence-electron chi connectivity index (χ2n) is 3.12. The molecular formula is C8H12N2O. The number of rotatable bonds is 1. The highest BCUT2D eigenvalue weighted by Gasteiger charge is 2.27. The number of aromatic amines is 1. The van der Waals surface area contributed by atoms with Crippen LogP contribution in [0, 0.1) is 0 Å². The minimum atomic E-state index is -0.157. The molecule has 0 amide bonds. The number of aliphatic hydroxyl groups excluding tert-OH is 1. The maximum absolute atomic E-state index is 9.51. The summed E-state index contributed by atoms with van der Waals surface area (Å²) in [4.78, 5) is 0. The molecule has 0 aromatic carbocycles. The fourth-order valence-electron chi connectivity index (χ4n) is 1.78. The smallest absolute Gasteiger partial charge is 0.0623 e. The number of H-pyrrole nitrogens is 1. The molecule has 1 heterocycles. The van der Waals surface area contributed by atoms with E-state index in [9.17, 15) is 5.11 Å². The summed E-state index contributed by atoms with van der Waals surface area (Å²) >= 11 is 0. The Bertz CT molecular complexity index is 220. The number of nitrogens with zero attached hydrogens (tertiary/aromatic N) is 1. The van der Waals surface area contributed by atoms with Crippen LogP contribution in [0.1, 0.15) is 30.9 Å². The summed E-state index contributed by atoms with van der Waals surface area (Å²) in [5.41, 5.74) is 1.08. The van der Waals surface area contributed by atoms with E-state index in [1.165, 1.54) is 0 Å². The van der Waals surface area contributed by atoms with Gasteiger partial charge in [0.1, 0.15) is 0 Å². The lowest BCUT2D eigenvalue weighted by molar-refractivity contribution is 0.162. The van der Waals surface area contributed by atoms with Gasteiger partial charge in [0.15, 0.2) is 0 Å². The molecule has 0 aliphatic heterocycles. The number of hydrogen-bond acceptors (Lipinski definition) is 2. The number of aliphatic hydroxyl groups is 1. The zero-order valence-electron chi connectivity index (χ0n) is 6.33. The van der Waals surface area contributed by atoms with Gasteiger partial charge in [0.05, 0.1) is 6.10 Å². The zero-order valence-corrected chi connectivity index (χ0v) is 6.33. The summed E-state index contributed by atoms with van der Waals surface area (Å²) in [6, 6.07) is 1.94. The van der Waals surface area contributed by atoms with Crippen molar-refractivity contribution in [3.05, 3.63) is 18.0 Å². The fourth-order valence-corrected chi connectivity index (χ4v) is 1.78. The molecule has 11 heavy (non-hydrogen) atoms. The van der Waals surface area contributed by atoms with Crippen molar-refractivity contribution >= 4 is 0 Å². The molecule has 1 aliphatic rings. The summed E-state index contributed by atoms with van der Waals surface area (Å²) in [7, 11) is 0. The van der Waals surface area contributed by atoms with E-state index in [2.05, 4.69) is 10.2 Å². The average Bonchev–Trinajstić information content (AvgIpc) is 2.55. The quantitative estimate of drug-likeness (QED) is 0.631. The van der Waals surface area contributed by atoms with E-state index in [1.54, 1.807) is 6.20 Å². The van der Waals surface area contributed by atoms with Gasteiger partial charge in [-0.2, -0.15) is 5.10 Å². The van der Waals surface area contributed by atoms with Crippen molar-refractivity contribution in [1.29, 1.82) is 0 Å². The third-order valence-electron chi connectivity index (χ3n) is 2.40. The summed E-state index contributed by atoms with van der Waals surface area (Å²) in [5, 5.41) is 16.3. The van der Waals surface area contributed by atoms with E-state index in [4.69, 9.17) is 0 Å². The Balaban J connectivity index is 2.16. The molecule has 1 aliphatic carbocycles. The number of hydrogen-bond donors (Lipinski definition) is 2. The molecule has 2 atom stereocenters. The van der Waals surface area contributed by atoms with Gasteiger partial charge in [-0.15, -0.1) is 0 Å². The average molecular weight is 152 g/mol. The van der Waals surface area contributed by atoms with Crippen molar-refractivity contribution in [1.82, 2.24) is 10.2 Å².